The van der Waals surface area contributed by atoms with Crippen LogP contribution in [0.15, 0.2) is 23.4 Å². The van der Waals surface area contributed by atoms with Crippen molar-refractivity contribution in [2.75, 3.05) is 16.9 Å². The van der Waals surface area contributed by atoms with Crippen molar-refractivity contribution < 1.29 is 4.79 Å². The smallest absolute Gasteiger partial charge is 0.234 e. The zero-order chi connectivity index (χ0) is 19.7. The molecule has 0 radical (unpaired) electrons. The van der Waals surface area contributed by atoms with Gasteiger partial charge in [-0.2, -0.15) is 5.10 Å². The molecule has 0 aliphatic heterocycles. The van der Waals surface area contributed by atoms with Crippen LogP contribution in [0.4, 0.5) is 5.69 Å². The van der Waals surface area contributed by atoms with E-state index in [0.717, 1.165) is 53.9 Å². The second kappa shape index (κ2) is 7.67. The summed E-state index contributed by atoms with van der Waals surface area (Å²) in [5.41, 5.74) is 6.13. The summed E-state index contributed by atoms with van der Waals surface area (Å²) in [7, 11) is 0. The van der Waals surface area contributed by atoms with Crippen LogP contribution in [0, 0.1) is 6.92 Å². The molecule has 8 nitrogen and oxygen atoms in total. The first-order valence-corrected chi connectivity index (χ1v) is 10.3. The van der Waals surface area contributed by atoms with Crippen LogP contribution in [0.2, 0.25) is 0 Å². The standard InChI is InChI=1S/C19H23N7OS/c1-3-12-7-4-6-11(2)16(12)21-15(27)10-28-19-25-24-18(26(19)20)17-13-8-5-9-14(13)22-23-17/h4,6-7H,3,5,8-10,20H2,1-2H3,(H,21,27)(H,22,23). The number of rotatable bonds is 6. The molecule has 0 unspecified atom stereocenters. The number of amides is 1. The van der Waals surface area contributed by atoms with E-state index in [4.69, 9.17) is 5.84 Å². The minimum atomic E-state index is -0.0980. The Labute approximate surface area is 167 Å². The number of nitrogens with two attached hydrogens (primary N) is 1. The zero-order valence-corrected chi connectivity index (χ0v) is 16.8. The molecule has 2 heterocycles. The summed E-state index contributed by atoms with van der Waals surface area (Å²) in [5.74, 6) is 6.81. The summed E-state index contributed by atoms with van der Waals surface area (Å²) in [6.07, 6.45) is 3.94. The summed E-state index contributed by atoms with van der Waals surface area (Å²) in [6.45, 7) is 4.07. The van der Waals surface area contributed by atoms with Gasteiger partial charge in [0.25, 0.3) is 0 Å². The van der Waals surface area contributed by atoms with Gasteiger partial charge in [0.1, 0.15) is 5.69 Å². The van der Waals surface area contributed by atoms with E-state index >= 15 is 0 Å². The van der Waals surface area contributed by atoms with Gasteiger partial charge in [0.2, 0.25) is 16.9 Å². The molecule has 28 heavy (non-hydrogen) atoms. The van der Waals surface area contributed by atoms with Gasteiger partial charge in [-0.05, 0) is 43.7 Å². The number of benzene rings is 1. The molecule has 0 spiro atoms. The maximum Gasteiger partial charge on any atom is 0.234 e. The number of fused-ring (bicyclic) bond motifs is 1. The van der Waals surface area contributed by atoms with E-state index in [9.17, 15) is 4.79 Å². The molecule has 2 aromatic heterocycles. The third kappa shape index (κ3) is 3.37. The number of para-hydroxylation sites is 1. The number of anilines is 1. The van der Waals surface area contributed by atoms with Crippen LogP contribution in [-0.4, -0.2) is 36.7 Å². The highest BCUT2D eigenvalue weighted by Gasteiger charge is 2.24. The molecule has 0 saturated heterocycles. The third-order valence-electron chi connectivity index (χ3n) is 5.02. The van der Waals surface area contributed by atoms with Gasteiger partial charge in [-0.25, -0.2) is 4.68 Å². The number of carbonyl (C=O) groups excluding carboxylic acids is 1. The molecule has 1 amide bonds. The van der Waals surface area contributed by atoms with Gasteiger partial charge in [0, 0.05) is 16.9 Å². The largest absolute Gasteiger partial charge is 0.335 e. The molecule has 3 aromatic rings. The summed E-state index contributed by atoms with van der Waals surface area (Å²) in [5, 5.41) is 19.2. The second-order valence-corrected chi connectivity index (χ2v) is 7.80. The molecule has 0 bridgehead atoms. The fourth-order valence-corrected chi connectivity index (χ4v) is 4.21. The predicted molar refractivity (Wildman–Crippen MR) is 110 cm³/mol. The fourth-order valence-electron chi connectivity index (χ4n) is 3.55. The molecular formula is C19H23N7OS. The number of nitrogen functional groups attached to an aromatic ring is 1. The average molecular weight is 398 g/mol. The van der Waals surface area contributed by atoms with E-state index in [-0.39, 0.29) is 11.7 Å². The Kier molecular flexibility index (Phi) is 5.08. The SMILES string of the molecule is CCc1cccc(C)c1NC(=O)CSc1nnc(-c2n[nH]c3c2CCC3)n1N. The Bertz CT molecular complexity index is 1020. The van der Waals surface area contributed by atoms with Crippen LogP contribution in [0.5, 0.6) is 0 Å². The van der Waals surface area contributed by atoms with Crippen molar-refractivity contribution in [2.24, 2.45) is 0 Å². The monoisotopic (exact) mass is 397 g/mol. The van der Waals surface area contributed by atoms with Crippen molar-refractivity contribution >= 4 is 23.4 Å². The van der Waals surface area contributed by atoms with Crippen molar-refractivity contribution in [3.05, 3.63) is 40.6 Å². The lowest BCUT2D eigenvalue weighted by molar-refractivity contribution is -0.113. The number of nitrogens with zero attached hydrogens (tertiary/aromatic N) is 4. The number of carbonyl (C=O) groups is 1. The highest BCUT2D eigenvalue weighted by Crippen LogP contribution is 2.30. The number of hydrogen-bond donors (Lipinski definition) is 3. The predicted octanol–water partition coefficient (Wildman–Crippen LogP) is 2.47. The number of aromatic nitrogens is 5. The quantitative estimate of drug-likeness (QED) is 0.435. The van der Waals surface area contributed by atoms with Crippen LogP contribution in [0.3, 0.4) is 0 Å². The molecule has 4 rings (SSSR count). The Balaban J connectivity index is 1.45. The van der Waals surface area contributed by atoms with Crippen molar-refractivity contribution in [1.29, 1.82) is 0 Å². The fraction of sp³-hybridized carbons (Fsp3) is 0.368. The molecule has 0 fully saturated rings. The van der Waals surface area contributed by atoms with Gasteiger partial charge in [0.05, 0.1) is 5.75 Å². The first kappa shape index (κ1) is 18.5. The second-order valence-electron chi connectivity index (χ2n) is 6.86. The first-order valence-electron chi connectivity index (χ1n) is 9.36. The topological polar surface area (TPSA) is 115 Å². The Morgan fingerprint density at radius 2 is 2.21 bits per heavy atom. The van der Waals surface area contributed by atoms with E-state index in [0.29, 0.717) is 11.0 Å². The van der Waals surface area contributed by atoms with E-state index in [1.54, 1.807) is 0 Å². The molecule has 0 atom stereocenters. The Morgan fingerprint density at radius 1 is 1.36 bits per heavy atom. The highest BCUT2D eigenvalue weighted by molar-refractivity contribution is 7.99. The van der Waals surface area contributed by atoms with E-state index in [1.165, 1.54) is 22.0 Å². The van der Waals surface area contributed by atoms with Gasteiger partial charge in [-0.15, -0.1) is 10.2 Å². The molecule has 4 N–H and O–H groups in total. The summed E-state index contributed by atoms with van der Waals surface area (Å²) in [6, 6.07) is 6.02. The lowest BCUT2D eigenvalue weighted by atomic mass is 10.1. The van der Waals surface area contributed by atoms with Crippen LogP contribution in [0.25, 0.3) is 11.5 Å². The lowest BCUT2D eigenvalue weighted by Gasteiger charge is -2.12. The van der Waals surface area contributed by atoms with Gasteiger partial charge in [-0.1, -0.05) is 36.9 Å². The van der Waals surface area contributed by atoms with Crippen LogP contribution >= 0.6 is 11.8 Å². The minimum Gasteiger partial charge on any atom is -0.335 e. The Hall–Kier alpha value is -2.81. The molecule has 1 aliphatic rings. The van der Waals surface area contributed by atoms with Crippen LogP contribution in [-0.2, 0) is 24.1 Å². The Morgan fingerprint density at radius 3 is 3.04 bits per heavy atom. The number of nitrogens with one attached hydrogen (secondary N) is 2. The van der Waals surface area contributed by atoms with Gasteiger partial charge >= 0.3 is 0 Å². The van der Waals surface area contributed by atoms with Crippen LogP contribution in [0.1, 0.15) is 35.7 Å². The molecular weight excluding hydrogens is 374 g/mol. The zero-order valence-electron chi connectivity index (χ0n) is 16.0. The number of aromatic amines is 1. The molecule has 1 aliphatic carbocycles. The summed E-state index contributed by atoms with van der Waals surface area (Å²) < 4.78 is 1.41. The van der Waals surface area contributed by atoms with Crippen LogP contribution < -0.4 is 11.2 Å². The summed E-state index contributed by atoms with van der Waals surface area (Å²) in [4.78, 5) is 12.5. The number of hydrogen-bond acceptors (Lipinski definition) is 6. The molecule has 146 valence electrons. The van der Waals surface area contributed by atoms with Crippen molar-refractivity contribution in [3.8, 4) is 11.5 Å². The summed E-state index contributed by atoms with van der Waals surface area (Å²) >= 11 is 1.26. The molecule has 1 aromatic carbocycles. The minimum absolute atomic E-state index is 0.0980. The van der Waals surface area contributed by atoms with Gasteiger partial charge < -0.3 is 11.2 Å². The molecule has 9 heteroatoms. The van der Waals surface area contributed by atoms with Crippen molar-refractivity contribution in [1.82, 2.24) is 25.1 Å². The van der Waals surface area contributed by atoms with E-state index in [2.05, 4.69) is 32.6 Å². The third-order valence-corrected chi connectivity index (χ3v) is 5.96. The maximum atomic E-state index is 12.5. The number of thioether (sulfide) groups is 1. The van der Waals surface area contributed by atoms with Gasteiger partial charge in [-0.3, -0.25) is 9.89 Å². The van der Waals surface area contributed by atoms with E-state index < -0.39 is 0 Å². The van der Waals surface area contributed by atoms with Crippen molar-refractivity contribution in [3.63, 3.8) is 0 Å². The number of aryl methyl sites for hydroxylation is 3. The number of H-pyrrole nitrogens is 1. The average Bonchev–Trinajstić information content (AvgIpc) is 3.38. The lowest BCUT2D eigenvalue weighted by Crippen LogP contribution is -2.18. The molecule has 0 saturated carbocycles. The van der Waals surface area contributed by atoms with Gasteiger partial charge in [0.15, 0.2) is 0 Å². The first-order chi connectivity index (χ1) is 13.6. The van der Waals surface area contributed by atoms with E-state index in [1.807, 2.05) is 25.1 Å². The highest BCUT2D eigenvalue weighted by atomic mass is 32.2. The maximum absolute atomic E-state index is 12.5. The normalized spacial score (nSPS) is 12.9. The van der Waals surface area contributed by atoms with Crippen molar-refractivity contribution in [2.45, 2.75) is 44.7 Å².